The maximum atomic E-state index is 11.7. The third-order valence-corrected chi connectivity index (χ3v) is 4.15. The van der Waals surface area contributed by atoms with E-state index >= 15 is 0 Å². The van der Waals surface area contributed by atoms with Gasteiger partial charge in [0.15, 0.2) is 0 Å². The van der Waals surface area contributed by atoms with Gasteiger partial charge in [0.25, 0.3) is 10.9 Å². The van der Waals surface area contributed by atoms with Crippen LogP contribution in [0.15, 0.2) is 27.8 Å². The minimum atomic E-state index is -0.535. The Morgan fingerprint density at radius 1 is 1.20 bits per heavy atom. The van der Waals surface area contributed by atoms with Gasteiger partial charge in [0.1, 0.15) is 11.4 Å². The highest BCUT2D eigenvalue weighted by molar-refractivity contribution is 5.72. The zero-order chi connectivity index (χ0) is 14.3. The first kappa shape index (κ1) is 12.9. The molecule has 104 valence electrons. The summed E-state index contributed by atoms with van der Waals surface area (Å²) in [5, 5.41) is 0. The van der Waals surface area contributed by atoms with Crippen molar-refractivity contribution in [3.05, 3.63) is 55.3 Å². The summed E-state index contributed by atoms with van der Waals surface area (Å²) in [6.07, 6.45) is 2.97. The Kier molecular flexibility index (Phi) is 3.08. The second-order valence-electron chi connectivity index (χ2n) is 5.40. The third kappa shape index (κ3) is 1.92. The smallest absolute Gasteiger partial charge is 0.253 e. The molecule has 0 fully saturated rings. The van der Waals surface area contributed by atoms with Crippen LogP contribution in [-0.2, 0) is 19.4 Å². The van der Waals surface area contributed by atoms with Crippen LogP contribution in [-0.4, -0.2) is 6.54 Å². The molecule has 4 nitrogen and oxygen atoms in total. The topological polar surface area (TPSA) is 63.4 Å². The van der Waals surface area contributed by atoms with Crippen LogP contribution in [0.25, 0.3) is 0 Å². The molecule has 0 amide bonds. The van der Waals surface area contributed by atoms with E-state index < -0.39 is 10.9 Å². The molecule has 2 N–H and O–H groups in total. The van der Waals surface area contributed by atoms with Crippen LogP contribution in [0.5, 0.6) is 0 Å². The van der Waals surface area contributed by atoms with Gasteiger partial charge in [0.05, 0.1) is 0 Å². The number of anilines is 2. The van der Waals surface area contributed by atoms with Crippen LogP contribution in [0, 0.1) is 0 Å². The number of hydrogen-bond donors (Lipinski definition) is 1. The maximum Gasteiger partial charge on any atom is 0.253 e. The lowest BCUT2D eigenvalue weighted by Crippen LogP contribution is -2.42. The van der Waals surface area contributed by atoms with Crippen LogP contribution in [0.3, 0.4) is 0 Å². The van der Waals surface area contributed by atoms with Gasteiger partial charge in [0.2, 0.25) is 0 Å². The van der Waals surface area contributed by atoms with E-state index in [1.807, 2.05) is 4.90 Å². The SMILES string of the molecule is CCc1ccc2c(c1)CN(c1c(N)c(=O)c1=O)CCC2. The fourth-order valence-electron chi connectivity index (χ4n) is 2.94. The predicted octanol–water partition coefficient (Wildman–Crippen LogP) is 1.38. The first-order valence-electron chi connectivity index (χ1n) is 7.06. The highest BCUT2D eigenvalue weighted by atomic mass is 16.2. The minimum absolute atomic E-state index is 0.130. The van der Waals surface area contributed by atoms with Gasteiger partial charge in [-0.05, 0) is 36.0 Å². The summed E-state index contributed by atoms with van der Waals surface area (Å²) in [6, 6.07) is 6.55. The minimum Gasteiger partial charge on any atom is -0.394 e. The fourth-order valence-corrected chi connectivity index (χ4v) is 2.94. The molecule has 0 atom stereocenters. The summed E-state index contributed by atoms with van der Waals surface area (Å²) in [5.41, 5.74) is 9.14. The first-order chi connectivity index (χ1) is 9.61. The van der Waals surface area contributed by atoms with Gasteiger partial charge in [0, 0.05) is 13.1 Å². The molecule has 0 saturated carbocycles. The van der Waals surface area contributed by atoms with Gasteiger partial charge in [-0.1, -0.05) is 25.1 Å². The molecule has 2 aromatic rings. The number of hydrogen-bond acceptors (Lipinski definition) is 4. The third-order valence-electron chi connectivity index (χ3n) is 4.15. The lowest BCUT2D eigenvalue weighted by Gasteiger charge is -2.25. The number of fused-ring (bicyclic) bond motifs is 1. The molecule has 20 heavy (non-hydrogen) atoms. The summed E-state index contributed by atoms with van der Waals surface area (Å²) in [6.45, 7) is 3.56. The van der Waals surface area contributed by atoms with E-state index in [0.29, 0.717) is 12.2 Å². The zero-order valence-corrected chi connectivity index (χ0v) is 11.6. The van der Waals surface area contributed by atoms with Crippen molar-refractivity contribution >= 4 is 11.4 Å². The first-order valence-corrected chi connectivity index (χ1v) is 7.06. The van der Waals surface area contributed by atoms with Crippen molar-refractivity contribution < 1.29 is 0 Å². The predicted molar refractivity (Wildman–Crippen MR) is 81.0 cm³/mol. The van der Waals surface area contributed by atoms with Crippen LogP contribution < -0.4 is 21.5 Å². The van der Waals surface area contributed by atoms with Crippen LogP contribution in [0.4, 0.5) is 11.4 Å². The molecule has 0 bridgehead atoms. The lowest BCUT2D eigenvalue weighted by atomic mass is 10.00. The van der Waals surface area contributed by atoms with Crippen molar-refractivity contribution in [2.24, 2.45) is 0 Å². The van der Waals surface area contributed by atoms with E-state index in [-0.39, 0.29) is 5.69 Å². The Balaban J connectivity index is 1.97. The molecule has 0 aromatic heterocycles. The molecule has 0 saturated heterocycles. The molecule has 2 aromatic carbocycles. The second-order valence-corrected chi connectivity index (χ2v) is 5.40. The summed E-state index contributed by atoms with van der Waals surface area (Å²) in [7, 11) is 0. The maximum absolute atomic E-state index is 11.7. The molecule has 1 heterocycles. The second kappa shape index (κ2) is 4.78. The molecule has 0 unspecified atom stereocenters. The van der Waals surface area contributed by atoms with Gasteiger partial charge in [-0.3, -0.25) is 9.59 Å². The summed E-state index contributed by atoms with van der Waals surface area (Å²) in [5.74, 6) is 0. The zero-order valence-electron chi connectivity index (χ0n) is 11.6. The van der Waals surface area contributed by atoms with E-state index in [4.69, 9.17) is 5.73 Å². The van der Waals surface area contributed by atoms with Crippen molar-refractivity contribution in [1.29, 1.82) is 0 Å². The largest absolute Gasteiger partial charge is 0.394 e. The molecule has 0 spiro atoms. The fraction of sp³-hybridized carbons (Fsp3) is 0.375. The number of aryl methyl sites for hydroxylation is 2. The van der Waals surface area contributed by atoms with Crippen LogP contribution in [0.1, 0.15) is 30.0 Å². The quantitative estimate of drug-likeness (QED) is 0.837. The van der Waals surface area contributed by atoms with Gasteiger partial charge in [-0.25, -0.2) is 0 Å². The average Bonchev–Trinajstić information content (AvgIpc) is 2.68. The van der Waals surface area contributed by atoms with E-state index in [2.05, 4.69) is 25.1 Å². The number of nitrogens with two attached hydrogens (primary N) is 1. The number of benzene rings is 1. The van der Waals surface area contributed by atoms with E-state index in [0.717, 1.165) is 25.8 Å². The van der Waals surface area contributed by atoms with Gasteiger partial charge in [-0.2, -0.15) is 0 Å². The standard InChI is InChI=1S/C16H18N2O2/c1-2-10-5-6-11-4-3-7-18(9-12(11)8-10)14-13(17)15(19)16(14)20/h5-6,8H,2-4,7,9,17H2,1H3. The van der Waals surface area contributed by atoms with Crippen molar-refractivity contribution in [2.45, 2.75) is 32.7 Å². The Bertz CT molecular complexity index is 726. The number of nitrogen functional groups attached to an aromatic ring is 1. The Morgan fingerprint density at radius 3 is 2.70 bits per heavy atom. The van der Waals surface area contributed by atoms with E-state index in [1.54, 1.807) is 0 Å². The lowest BCUT2D eigenvalue weighted by molar-refractivity contribution is 0.761. The normalized spacial score (nSPS) is 15.2. The van der Waals surface area contributed by atoms with E-state index in [9.17, 15) is 9.59 Å². The molecular weight excluding hydrogens is 252 g/mol. The molecular formula is C16H18N2O2. The van der Waals surface area contributed by atoms with Crippen LogP contribution >= 0.6 is 0 Å². The van der Waals surface area contributed by atoms with Gasteiger partial charge in [-0.15, -0.1) is 0 Å². The van der Waals surface area contributed by atoms with E-state index in [1.165, 1.54) is 16.7 Å². The molecule has 4 heteroatoms. The average molecular weight is 270 g/mol. The Labute approximate surface area is 117 Å². The molecule has 1 aliphatic rings. The molecule has 0 aliphatic carbocycles. The van der Waals surface area contributed by atoms with Crippen LogP contribution in [0.2, 0.25) is 0 Å². The van der Waals surface area contributed by atoms with Crippen molar-refractivity contribution in [2.75, 3.05) is 17.2 Å². The molecule has 3 rings (SSSR count). The number of nitrogens with zero attached hydrogens (tertiary/aromatic N) is 1. The van der Waals surface area contributed by atoms with Crippen molar-refractivity contribution in [1.82, 2.24) is 0 Å². The summed E-state index contributed by atoms with van der Waals surface area (Å²) < 4.78 is 0. The Morgan fingerprint density at radius 2 is 2.00 bits per heavy atom. The highest BCUT2D eigenvalue weighted by Gasteiger charge is 2.25. The molecule has 1 aliphatic heterocycles. The van der Waals surface area contributed by atoms with Crippen molar-refractivity contribution in [3.8, 4) is 0 Å². The Hall–Kier alpha value is -2.10. The number of rotatable bonds is 2. The highest BCUT2D eigenvalue weighted by Crippen LogP contribution is 2.26. The monoisotopic (exact) mass is 270 g/mol. The molecule has 0 radical (unpaired) electrons. The van der Waals surface area contributed by atoms with Gasteiger partial charge >= 0.3 is 0 Å². The summed E-state index contributed by atoms with van der Waals surface area (Å²) >= 11 is 0. The van der Waals surface area contributed by atoms with Crippen molar-refractivity contribution in [3.63, 3.8) is 0 Å². The summed E-state index contributed by atoms with van der Waals surface area (Å²) in [4.78, 5) is 24.9. The van der Waals surface area contributed by atoms with Gasteiger partial charge < -0.3 is 10.6 Å².